The highest BCUT2D eigenvalue weighted by molar-refractivity contribution is 5.49. The Hall–Kier alpha value is -1.06. The average molecular weight is 260 g/mol. The van der Waals surface area contributed by atoms with E-state index >= 15 is 0 Å². The summed E-state index contributed by atoms with van der Waals surface area (Å²) in [6.07, 6.45) is 7.98. The topological polar surface area (TPSA) is 61.3 Å². The van der Waals surface area contributed by atoms with Gasteiger partial charge in [-0.25, -0.2) is 0 Å². The number of hydrogen-bond donors (Lipinski definition) is 2. The smallest absolute Gasteiger partial charge is 0.126 e. The molecule has 0 radical (unpaired) electrons. The van der Waals surface area contributed by atoms with E-state index in [1.807, 2.05) is 0 Å². The van der Waals surface area contributed by atoms with Crippen molar-refractivity contribution in [1.29, 1.82) is 0 Å². The molecule has 3 heteroatoms. The molecule has 4 N–H and O–H groups in total. The molecular weight excluding hydrogens is 236 g/mol. The minimum absolute atomic E-state index is 0.174. The lowest BCUT2D eigenvalue weighted by atomic mass is 9.94. The zero-order valence-electron chi connectivity index (χ0n) is 11.5. The number of hydrogen-bond acceptors (Lipinski definition) is 3. The maximum atomic E-state index is 6.27. The quantitative estimate of drug-likeness (QED) is 0.869. The summed E-state index contributed by atoms with van der Waals surface area (Å²) in [5, 5.41) is 0. The maximum Gasteiger partial charge on any atom is 0.126 e. The third-order valence-corrected chi connectivity index (χ3v) is 4.44. The van der Waals surface area contributed by atoms with Crippen LogP contribution in [0, 0.1) is 0 Å². The molecule has 2 aliphatic rings. The number of fused-ring (bicyclic) bond motifs is 3. The van der Waals surface area contributed by atoms with Crippen LogP contribution in [0.2, 0.25) is 0 Å². The first-order chi connectivity index (χ1) is 9.28. The fourth-order valence-corrected chi connectivity index (χ4v) is 3.40. The standard InChI is InChI=1S/C16H24N2O/c17-9-8-13(18)10-14-7-6-12-5-4-11-2-1-3-15(11)16(12)19-14/h4-5,13-14H,1-3,6-10,17-18H2. The molecule has 1 aromatic carbocycles. The molecule has 104 valence electrons. The van der Waals surface area contributed by atoms with Gasteiger partial charge in [0.25, 0.3) is 0 Å². The lowest BCUT2D eigenvalue weighted by Gasteiger charge is -2.29. The zero-order valence-corrected chi connectivity index (χ0v) is 11.5. The Balaban J connectivity index is 1.74. The summed E-state index contributed by atoms with van der Waals surface area (Å²) in [5.41, 5.74) is 16.0. The van der Waals surface area contributed by atoms with Crippen molar-refractivity contribution in [1.82, 2.24) is 0 Å². The minimum Gasteiger partial charge on any atom is -0.490 e. The molecule has 0 spiro atoms. The van der Waals surface area contributed by atoms with E-state index in [-0.39, 0.29) is 12.1 Å². The van der Waals surface area contributed by atoms with E-state index in [9.17, 15) is 0 Å². The molecule has 1 aromatic rings. The van der Waals surface area contributed by atoms with Crippen LogP contribution in [-0.4, -0.2) is 18.7 Å². The second-order valence-corrected chi connectivity index (χ2v) is 5.90. The van der Waals surface area contributed by atoms with E-state index < -0.39 is 0 Å². The summed E-state index contributed by atoms with van der Waals surface area (Å²) in [4.78, 5) is 0. The largest absolute Gasteiger partial charge is 0.490 e. The summed E-state index contributed by atoms with van der Waals surface area (Å²) in [5.74, 6) is 1.19. The normalized spacial score (nSPS) is 22.5. The van der Waals surface area contributed by atoms with Crippen LogP contribution < -0.4 is 16.2 Å². The molecule has 0 aromatic heterocycles. The highest BCUT2D eigenvalue weighted by Gasteiger charge is 2.26. The number of benzene rings is 1. The van der Waals surface area contributed by atoms with Crippen molar-refractivity contribution >= 4 is 0 Å². The number of rotatable bonds is 4. The molecule has 0 saturated carbocycles. The van der Waals surface area contributed by atoms with E-state index in [4.69, 9.17) is 16.2 Å². The van der Waals surface area contributed by atoms with Gasteiger partial charge in [-0.15, -0.1) is 0 Å². The SMILES string of the molecule is NCCC(N)CC1CCc2ccc3c(c2O1)CCC3. The molecule has 1 aliphatic carbocycles. The minimum atomic E-state index is 0.174. The molecule has 3 nitrogen and oxygen atoms in total. The number of nitrogens with two attached hydrogens (primary N) is 2. The van der Waals surface area contributed by atoms with Gasteiger partial charge in [0, 0.05) is 6.04 Å². The lowest BCUT2D eigenvalue weighted by molar-refractivity contribution is 0.153. The first-order valence-corrected chi connectivity index (χ1v) is 7.54. The third kappa shape index (κ3) is 2.63. The van der Waals surface area contributed by atoms with Gasteiger partial charge < -0.3 is 16.2 Å². The van der Waals surface area contributed by atoms with E-state index in [2.05, 4.69) is 12.1 Å². The monoisotopic (exact) mass is 260 g/mol. The average Bonchev–Trinajstić information content (AvgIpc) is 2.87. The van der Waals surface area contributed by atoms with Crippen LogP contribution in [0.15, 0.2) is 12.1 Å². The van der Waals surface area contributed by atoms with Crippen molar-refractivity contribution in [3.05, 3.63) is 28.8 Å². The van der Waals surface area contributed by atoms with Crippen molar-refractivity contribution in [2.24, 2.45) is 11.5 Å². The highest BCUT2D eigenvalue weighted by atomic mass is 16.5. The Labute approximate surface area is 115 Å². The fourth-order valence-electron chi connectivity index (χ4n) is 3.40. The number of ether oxygens (including phenoxy) is 1. The third-order valence-electron chi connectivity index (χ3n) is 4.44. The predicted molar refractivity (Wildman–Crippen MR) is 77.5 cm³/mol. The molecule has 1 aliphatic heterocycles. The van der Waals surface area contributed by atoms with Gasteiger partial charge in [-0.3, -0.25) is 0 Å². The van der Waals surface area contributed by atoms with Crippen LogP contribution in [0.3, 0.4) is 0 Å². The fraction of sp³-hybridized carbons (Fsp3) is 0.625. The van der Waals surface area contributed by atoms with Gasteiger partial charge in [-0.1, -0.05) is 12.1 Å². The molecule has 3 rings (SSSR count). The van der Waals surface area contributed by atoms with Crippen molar-refractivity contribution in [2.75, 3.05) is 6.54 Å². The first-order valence-electron chi connectivity index (χ1n) is 7.54. The summed E-state index contributed by atoms with van der Waals surface area (Å²) in [6.45, 7) is 0.667. The van der Waals surface area contributed by atoms with E-state index in [1.54, 1.807) is 0 Å². The lowest BCUT2D eigenvalue weighted by Crippen LogP contribution is -2.33. The van der Waals surface area contributed by atoms with Gasteiger partial charge in [-0.05, 0) is 68.2 Å². The van der Waals surface area contributed by atoms with Crippen LogP contribution in [0.5, 0.6) is 5.75 Å². The van der Waals surface area contributed by atoms with Crippen molar-refractivity contribution in [2.45, 2.75) is 57.1 Å². The summed E-state index contributed by atoms with van der Waals surface area (Å²) in [6, 6.07) is 4.73. The molecule has 0 saturated heterocycles. The molecule has 2 unspecified atom stereocenters. The second kappa shape index (κ2) is 5.51. The van der Waals surface area contributed by atoms with Gasteiger partial charge in [0.05, 0.1) is 0 Å². The highest BCUT2D eigenvalue weighted by Crippen LogP contribution is 2.38. The van der Waals surface area contributed by atoms with Gasteiger partial charge in [0.2, 0.25) is 0 Å². The van der Waals surface area contributed by atoms with Crippen LogP contribution in [0.1, 0.15) is 42.4 Å². The van der Waals surface area contributed by atoms with Crippen molar-refractivity contribution in [3.8, 4) is 5.75 Å². The number of aryl methyl sites for hydroxylation is 2. The Kier molecular flexibility index (Phi) is 3.76. The van der Waals surface area contributed by atoms with Gasteiger partial charge in [-0.2, -0.15) is 0 Å². The Morgan fingerprint density at radius 3 is 2.89 bits per heavy atom. The molecule has 0 amide bonds. The Bertz CT molecular complexity index is 458. The maximum absolute atomic E-state index is 6.27. The zero-order chi connectivity index (χ0) is 13.2. The summed E-state index contributed by atoms with van der Waals surface area (Å²) in [7, 11) is 0. The van der Waals surface area contributed by atoms with E-state index in [0.717, 1.165) is 25.7 Å². The van der Waals surface area contributed by atoms with Crippen LogP contribution in [0.25, 0.3) is 0 Å². The Morgan fingerprint density at radius 1 is 1.21 bits per heavy atom. The second-order valence-electron chi connectivity index (χ2n) is 5.90. The summed E-state index contributed by atoms with van der Waals surface area (Å²) >= 11 is 0. The molecule has 1 heterocycles. The van der Waals surface area contributed by atoms with Crippen LogP contribution in [0.4, 0.5) is 0 Å². The Morgan fingerprint density at radius 2 is 2.05 bits per heavy atom. The van der Waals surface area contributed by atoms with Crippen LogP contribution >= 0.6 is 0 Å². The summed E-state index contributed by atoms with van der Waals surface area (Å²) < 4.78 is 6.27. The first kappa shape index (κ1) is 12.9. The van der Waals surface area contributed by atoms with Crippen molar-refractivity contribution in [3.63, 3.8) is 0 Å². The molecule has 0 bridgehead atoms. The van der Waals surface area contributed by atoms with Gasteiger partial charge in [0.1, 0.15) is 11.9 Å². The molecule has 19 heavy (non-hydrogen) atoms. The molecular formula is C16H24N2O. The predicted octanol–water partition coefficient (Wildman–Crippen LogP) is 1.94. The van der Waals surface area contributed by atoms with E-state index in [1.165, 1.54) is 41.7 Å². The van der Waals surface area contributed by atoms with Crippen molar-refractivity contribution < 1.29 is 4.74 Å². The molecule has 0 fully saturated rings. The van der Waals surface area contributed by atoms with Gasteiger partial charge in [0.15, 0.2) is 0 Å². The van der Waals surface area contributed by atoms with Crippen LogP contribution in [-0.2, 0) is 19.3 Å². The van der Waals surface area contributed by atoms with Gasteiger partial charge >= 0.3 is 0 Å². The van der Waals surface area contributed by atoms with E-state index in [0.29, 0.717) is 6.54 Å². The molecule has 2 atom stereocenters.